The van der Waals surface area contributed by atoms with E-state index in [1.165, 1.54) is 19.2 Å². The summed E-state index contributed by atoms with van der Waals surface area (Å²) >= 11 is 0. The van der Waals surface area contributed by atoms with Crippen LogP contribution in [0.3, 0.4) is 0 Å². The van der Waals surface area contributed by atoms with Crippen molar-refractivity contribution < 1.29 is 13.9 Å². The summed E-state index contributed by atoms with van der Waals surface area (Å²) in [7, 11) is 1.42. The number of hydrogen-bond donors (Lipinski definition) is 0. The highest BCUT2D eigenvalue weighted by molar-refractivity contribution is 6.17. The molecule has 0 fully saturated rings. The maximum Gasteiger partial charge on any atom is 0.200 e. The molecule has 0 spiro atoms. The number of pyridine rings is 1. The van der Waals surface area contributed by atoms with E-state index >= 15 is 0 Å². The second-order valence-electron chi connectivity index (χ2n) is 4.55. The molecule has 0 atom stereocenters. The molecular formula is C17H12FNO2. The molecule has 3 nitrogen and oxygen atoms in total. The fourth-order valence-corrected chi connectivity index (χ4v) is 2.35. The number of nitrogens with zero attached hydrogens (tertiary/aromatic N) is 1. The number of ether oxygens (including phenoxy) is 1. The Kier molecular flexibility index (Phi) is 3.36. The molecule has 0 aliphatic rings. The fourth-order valence-electron chi connectivity index (χ4n) is 2.35. The summed E-state index contributed by atoms with van der Waals surface area (Å²) in [6, 6.07) is 11.4. The maximum absolute atomic E-state index is 14.1. The molecule has 0 bridgehead atoms. The van der Waals surface area contributed by atoms with Gasteiger partial charge in [-0.2, -0.15) is 0 Å². The van der Waals surface area contributed by atoms with Crippen LogP contribution in [0.5, 0.6) is 5.75 Å². The highest BCUT2D eigenvalue weighted by Gasteiger charge is 2.20. The lowest BCUT2D eigenvalue weighted by atomic mass is 9.97. The van der Waals surface area contributed by atoms with Crippen molar-refractivity contribution in [1.29, 1.82) is 0 Å². The molecule has 4 heteroatoms. The summed E-state index contributed by atoms with van der Waals surface area (Å²) in [5.74, 6) is -0.766. The lowest BCUT2D eigenvalue weighted by Crippen LogP contribution is -2.07. The third-order valence-electron chi connectivity index (χ3n) is 3.35. The highest BCUT2D eigenvalue weighted by atomic mass is 19.1. The van der Waals surface area contributed by atoms with Gasteiger partial charge in [0.15, 0.2) is 5.78 Å². The van der Waals surface area contributed by atoms with Crippen LogP contribution in [0.15, 0.2) is 54.9 Å². The van der Waals surface area contributed by atoms with Gasteiger partial charge < -0.3 is 4.74 Å². The Hall–Kier alpha value is -2.75. The lowest BCUT2D eigenvalue weighted by Gasteiger charge is -2.10. The zero-order chi connectivity index (χ0) is 14.8. The van der Waals surface area contributed by atoms with Crippen molar-refractivity contribution in [2.45, 2.75) is 0 Å². The van der Waals surface area contributed by atoms with Crippen molar-refractivity contribution in [1.82, 2.24) is 4.98 Å². The average Bonchev–Trinajstić information content (AvgIpc) is 2.53. The molecule has 0 N–H and O–H groups in total. The van der Waals surface area contributed by atoms with E-state index in [1.807, 2.05) is 6.07 Å². The normalized spacial score (nSPS) is 10.6. The molecule has 104 valence electrons. The third kappa shape index (κ3) is 2.25. The number of methoxy groups -OCH3 is 1. The summed E-state index contributed by atoms with van der Waals surface area (Å²) in [5, 5.41) is 1.57. The van der Waals surface area contributed by atoms with Gasteiger partial charge in [0.2, 0.25) is 0 Å². The molecule has 21 heavy (non-hydrogen) atoms. The number of ketones is 1. The Labute approximate surface area is 121 Å². The van der Waals surface area contributed by atoms with Gasteiger partial charge in [-0.15, -0.1) is 0 Å². The van der Waals surface area contributed by atoms with Crippen LogP contribution in [0.1, 0.15) is 15.9 Å². The zero-order valence-electron chi connectivity index (χ0n) is 11.3. The van der Waals surface area contributed by atoms with Crippen molar-refractivity contribution in [3.63, 3.8) is 0 Å². The molecule has 0 amide bonds. The van der Waals surface area contributed by atoms with Gasteiger partial charge in [-0.1, -0.05) is 24.3 Å². The van der Waals surface area contributed by atoms with Crippen molar-refractivity contribution >= 4 is 16.6 Å². The molecule has 1 aromatic heterocycles. The van der Waals surface area contributed by atoms with E-state index in [4.69, 9.17) is 4.74 Å². The number of rotatable bonds is 3. The number of benzene rings is 2. The first-order chi connectivity index (χ1) is 10.2. The van der Waals surface area contributed by atoms with E-state index in [0.29, 0.717) is 5.56 Å². The van der Waals surface area contributed by atoms with Gasteiger partial charge in [-0.25, -0.2) is 4.39 Å². The van der Waals surface area contributed by atoms with Crippen molar-refractivity contribution in [2.75, 3.05) is 7.11 Å². The topological polar surface area (TPSA) is 39.2 Å². The second kappa shape index (κ2) is 5.32. The fraction of sp³-hybridized carbons (Fsp3) is 0.0588. The molecule has 3 rings (SSSR count). The van der Waals surface area contributed by atoms with Crippen LogP contribution >= 0.6 is 0 Å². The maximum atomic E-state index is 14.1. The number of aromatic nitrogens is 1. The van der Waals surface area contributed by atoms with Crippen LogP contribution in [0.4, 0.5) is 4.39 Å². The number of carbonyl (C=O) groups excluding carboxylic acids is 1. The smallest absolute Gasteiger partial charge is 0.200 e. The standard InChI is InChI=1S/C17H12FNO2/c1-21-15-7-3-6-14(18)16(15)17(20)13-5-2-4-11-10-19-9-8-12(11)13/h2-10H,1H3. The van der Waals surface area contributed by atoms with Crippen LogP contribution in [-0.2, 0) is 0 Å². The molecule has 2 aromatic carbocycles. The molecule has 3 aromatic rings. The van der Waals surface area contributed by atoms with Gasteiger partial charge in [0.05, 0.1) is 7.11 Å². The Bertz CT molecular complexity index is 825. The van der Waals surface area contributed by atoms with E-state index in [1.54, 1.807) is 36.7 Å². The van der Waals surface area contributed by atoms with E-state index in [2.05, 4.69) is 4.98 Å². The zero-order valence-corrected chi connectivity index (χ0v) is 11.3. The Morgan fingerprint density at radius 1 is 1.14 bits per heavy atom. The first-order valence-corrected chi connectivity index (χ1v) is 6.42. The van der Waals surface area contributed by atoms with E-state index in [-0.39, 0.29) is 11.3 Å². The summed E-state index contributed by atoms with van der Waals surface area (Å²) < 4.78 is 19.2. The van der Waals surface area contributed by atoms with Gasteiger partial charge >= 0.3 is 0 Å². The third-order valence-corrected chi connectivity index (χ3v) is 3.35. The minimum Gasteiger partial charge on any atom is -0.496 e. The SMILES string of the molecule is COc1cccc(F)c1C(=O)c1cccc2cnccc12. The number of fused-ring (bicyclic) bond motifs is 1. The molecule has 0 radical (unpaired) electrons. The average molecular weight is 281 g/mol. The van der Waals surface area contributed by atoms with Gasteiger partial charge in [0, 0.05) is 23.3 Å². The molecule has 0 saturated carbocycles. The summed E-state index contributed by atoms with van der Waals surface area (Å²) in [5.41, 5.74) is 0.377. The number of carbonyl (C=O) groups is 1. The molecule has 0 aliphatic heterocycles. The molecular weight excluding hydrogens is 269 g/mol. The number of halogens is 1. The first kappa shape index (κ1) is 13.2. The van der Waals surface area contributed by atoms with E-state index in [0.717, 1.165) is 10.8 Å². The Morgan fingerprint density at radius 3 is 2.76 bits per heavy atom. The lowest BCUT2D eigenvalue weighted by molar-refractivity contribution is 0.103. The van der Waals surface area contributed by atoms with Gasteiger partial charge in [-0.3, -0.25) is 9.78 Å². The first-order valence-electron chi connectivity index (χ1n) is 6.42. The molecule has 0 aliphatic carbocycles. The van der Waals surface area contributed by atoms with Crippen LogP contribution in [0.2, 0.25) is 0 Å². The second-order valence-corrected chi connectivity index (χ2v) is 4.55. The predicted molar refractivity (Wildman–Crippen MR) is 78.1 cm³/mol. The van der Waals surface area contributed by atoms with Gasteiger partial charge in [-0.05, 0) is 23.6 Å². The largest absolute Gasteiger partial charge is 0.496 e. The van der Waals surface area contributed by atoms with Crippen molar-refractivity contribution in [2.24, 2.45) is 0 Å². The minimum absolute atomic E-state index is 0.0516. The molecule has 0 saturated heterocycles. The Balaban J connectivity index is 2.23. The van der Waals surface area contributed by atoms with Crippen LogP contribution < -0.4 is 4.74 Å². The molecule has 0 unspecified atom stereocenters. The van der Waals surface area contributed by atoms with Gasteiger partial charge in [0.1, 0.15) is 17.1 Å². The number of hydrogen-bond acceptors (Lipinski definition) is 3. The van der Waals surface area contributed by atoms with E-state index in [9.17, 15) is 9.18 Å². The van der Waals surface area contributed by atoms with Crippen LogP contribution in [0.25, 0.3) is 10.8 Å². The van der Waals surface area contributed by atoms with Crippen molar-refractivity contribution in [3.05, 3.63) is 71.8 Å². The summed E-state index contributed by atoms with van der Waals surface area (Å²) in [4.78, 5) is 16.7. The predicted octanol–water partition coefficient (Wildman–Crippen LogP) is 3.61. The molecule has 1 heterocycles. The summed E-state index contributed by atoms with van der Waals surface area (Å²) in [6.45, 7) is 0. The van der Waals surface area contributed by atoms with Crippen LogP contribution in [0, 0.1) is 5.82 Å². The highest BCUT2D eigenvalue weighted by Crippen LogP contribution is 2.27. The Morgan fingerprint density at radius 2 is 1.95 bits per heavy atom. The quantitative estimate of drug-likeness (QED) is 0.688. The van der Waals surface area contributed by atoms with Crippen LogP contribution in [-0.4, -0.2) is 17.9 Å². The van der Waals surface area contributed by atoms with Crippen molar-refractivity contribution in [3.8, 4) is 5.75 Å². The van der Waals surface area contributed by atoms with E-state index < -0.39 is 11.6 Å². The minimum atomic E-state index is -0.592. The van der Waals surface area contributed by atoms with Gasteiger partial charge in [0.25, 0.3) is 0 Å². The monoisotopic (exact) mass is 281 g/mol. The summed E-state index contributed by atoms with van der Waals surface area (Å²) in [6.07, 6.45) is 3.28.